The van der Waals surface area contributed by atoms with Gasteiger partial charge in [0, 0.05) is 11.3 Å². The fourth-order valence-corrected chi connectivity index (χ4v) is 3.50. The normalized spacial score (nSPS) is 12.2. The Labute approximate surface area is 176 Å². The molecule has 0 aliphatic heterocycles. The van der Waals surface area contributed by atoms with Crippen LogP contribution in [0.4, 0.5) is 5.69 Å². The number of hydrogen-bond acceptors (Lipinski definition) is 2. The number of aromatic hydroxyl groups is 1. The second-order valence-corrected chi connectivity index (χ2v) is 7.30. The van der Waals surface area contributed by atoms with Crippen molar-refractivity contribution in [2.45, 2.75) is 12.8 Å². The zero-order chi connectivity index (χ0) is 20.9. The summed E-state index contributed by atoms with van der Waals surface area (Å²) in [4.78, 5) is 12.6. The third-order valence-electron chi connectivity index (χ3n) is 5.24. The maximum atomic E-state index is 12.6. The number of anilines is 1. The van der Waals surface area contributed by atoms with Crippen LogP contribution in [0, 0.1) is 0 Å². The van der Waals surface area contributed by atoms with Crippen molar-refractivity contribution in [3.8, 4) is 5.75 Å². The minimum absolute atomic E-state index is 0.0472. The van der Waals surface area contributed by atoms with Crippen molar-refractivity contribution >= 4 is 34.5 Å². The van der Waals surface area contributed by atoms with Crippen LogP contribution in [-0.2, 0) is 4.79 Å². The minimum atomic E-state index is -0.238. The number of benzene rings is 4. The number of hydrogen-bond donors (Lipinski definition) is 2. The van der Waals surface area contributed by atoms with Crippen LogP contribution in [0.25, 0.3) is 22.9 Å². The highest BCUT2D eigenvalue weighted by atomic mass is 16.3. The lowest BCUT2D eigenvalue weighted by molar-refractivity contribution is -0.117. The molecule has 2 N–H and O–H groups in total. The molecule has 1 unspecified atom stereocenters. The smallest absolute Gasteiger partial charge is 0.231 e. The van der Waals surface area contributed by atoms with E-state index in [9.17, 15) is 9.90 Å². The molecule has 1 amide bonds. The van der Waals surface area contributed by atoms with Crippen LogP contribution in [0.15, 0.2) is 91.0 Å². The number of carbonyl (C=O) groups excluding carboxylic acids is 1. The zero-order valence-electron chi connectivity index (χ0n) is 16.7. The topological polar surface area (TPSA) is 49.3 Å². The summed E-state index contributed by atoms with van der Waals surface area (Å²) < 4.78 is 0. The van der Waals surface area contributed by atoms with E-state index in [4.69, 9.17) is 0 Å². The van der Waals surface area contributed by atoms with Crippen LogP contribution >= 0.6 is 0 Å². The van der Waals surface area contributed by atoms with Gasteiger partial charge in [0.2, 0.25) is 5.91 Å². The average Bonchev–Trinajstić information content (AvgIpc) is 2.78. The number of phenolic OH excluding ortho intramolecular Hbond substituents is 1. The lowest BCUT2D eigenvalue weighted by Crippen LogP contribution is -2.18. The molecule has 4 aromatic rings. The van der Waals surface area contributed by atoms with E-state index < -0.39 is 0 Å². The van der Waals surface area contributed by atoms with Crippen LogP contribution in [0.2, 0.25) is 0 Å². The Kier molecular flexibility index (Phi) is 5.62. The first-order chi connectivity index (χ1) is 14.6. The standard InChI is InChI=1S/C27H23NO2/c1-19(21-9-3-2-4-10-21)27(30)28-23-12-7-8-20(18-23)14-16-25-24-13-6-5-11-22(24)15-17-26(25)29/h2-19,29H,1H3,(H,28,30)/b16-14+. The van der Waals surface area contributed by atoms with Crippen LogP contribution in [0.5, 0.6) is 5.75 Å². The summed E-state index contributed by atoms with van der Waals surface area (Å²) in [7, 11) is 0. The molecule has 0 heterocycles. The van der Waals surface area contributed by atoms with Gasteiger partial charge < -0.3 is 10.4 Å². The van der Waals surface area contributed by atoms with E-state index in [1.807, 2.05) is 104 Å². The number of amides is 1. The summed E-state index contributed by atoms with van der Waals surface area (Å²) in [6.45, 7) is 1.90. The third kappa shape index (κ3) is 4.26. The molecular weight excluding hydrogens is 370 g/mol. The average molecular weight is 393 g/mol. The highest BCUT2D eigenvalue weighted by Gasteiger charge is 2.14. The Morgan fingerprint density at radius 1 is 0.867 bits per heavy atom. The maximum absolute atomic E-state index is 12.6. The Morgan fingerprint density at radius 2 is 1.63 bits per heavy atom. The van der Waals surface area contributed by atoms with Gasteiger partial charge in [-0.15, -0.1) is 0 Å². The first-order valence-electron chi connectivity index (χ1n) is 9.96. The van der Waals surface area contributed by atoms with Gasteiger partial charge in [0.1, 0.15) is 5.75 Å². The highest BCUT2D eigenvalue weighted by molar-refractivity contribution is 5.97. The first kappa shape index (κ1) is 19.5. The van der Waals surface area contributed by atoms with Gasteiger partial charge in [-0.3, -0.25) is 4.79 Å². The fourth-order valence-electron chi connectivity index (χ4n) is 3.50. The van der Waals surface area contributed by atoms with E-state index in [0.717, 1.165) is 33.2 Å². The summed E-state index contributed by atoms with van der Waals surface area (Å²) in [5.41, 5.74) is 3.44. The molecule has 0 aliphatic carbocycles. The van der Waals surface area contributed by atoms with Crippen LogP contribution in [0.3, 0.4) is 0 Å². The van der Waals surface area contributed by atoms with Crippen molar-refractivity contribution in [1.82, 2.24) is 0 Å². The summed E-state index contributed by atoms with van der Waals surface area (Å²) in [5.74, 6) is -0.0434. The lowest BCUT2D eigenvalue weighted by atomic mass is 10.0. The van der Waals surface area contributed by atoms with E-state index in [1.54, 1.807) is 6.07 Å². The second-order valence-electron chi connectivity index (χ2n) is 7.30. The quantitative estimate of drug-likeness (QED) is 0.382. The molecule has 30 heavy (non-hydrogen) atoms. The van der Waals surface area contributed by atoms with Gasteiger partial charge in [0.15, 0.2) is 0 Å². The maximum Gasteiger partial charge on any atom is 0.231 e. The Bertz CT molecular complexity index is 1210. The Balaban J connectivity index is 1.55. The predicted molar refractivity (Wildman–Crippen MR) is 124 cm³/mol. The monoisotopic (exact) mass is 393 g/mol. The van der Waals surface area contributed by atoms with Gasteiger partial charge in [-0.1, -0.05) is 84.9 Å². The van der Waals surface area contributed by atoms with Gasteiger partial charge in [-0.05, 0) is 47.0 Å². The molecule has 3 heteroatoms. The molecule has 4 rings (SSSR count). The molecule has 3 nitrogen and oxygen atoms in total. The molecule has 0 saturated carbocycles. The summed E-state index contributed by atoms with van der Waals surface area (Å²) >= 11 is 0. The number of rotatable bonds is 5. The molecule has 0 spiro atoms. The van der Waals surface area contributed by atoms with Crippen molar-refractivity contribution in [3.63, 3.8) is 0 Å². The van der Waals surface area contributed by atoms with Gasteiger partial charge in [0.25, 0.3) is 0 Å². The van der Waals surface area contributed by atoms with E-state index in [-0.39, 0.29) is 17.6 Å². The van der Waals surface area contributed by atoms with Crippen molar-refractivity contribution < 1.29 is 9.90 Å². The fraction of sp³-hybridized carbons (Fsp3) is 0.0741. The van der Waals surface area contributed by atoms with Gasteiger partial charge >= 0.3 is 0 Å². The molecule has 0 radical (unpaired) electrons. The number of nitrogens with one attached hydrogen (secondary N) is 1. The molecule has 0 bridgehead atoms. The summed E-state index contributed by atoms with van der Waals surface area (Å²) in [6.07, 6.45) is 3.85. The Morgan fingerprint density at radius 3 is 2.47 bits per heavy atom. The molecule has 148 valence electrons. The van der Waals surface area contributed by atoms with E-state index in [0.29, 0.717) is 0 Å². The predicted octanol–water partition coefficient (Wildman–Crippen LogP) is 6.46. The number of fused-ring (bicyclic) bond motifs is 1. The number of phenols is 1. The molecule has 0 aliphatic rings. The summed E-state index contributed by atoms with van der Waals surface area (Å²) in [5, 5.41) is 15.4. The minimum Gasteiger partial charge on any atom is -0.507 e. The van der Waals surface area contributed by atoms with E-state index in [2.05, 4.69) is 5.32 Å². The van der Waals surface area contributed by atoms with Crippen molar-refractivity contribution in [2.24, 2.45) is 0 Å². The van der Waals surface area contributed by atoms with Crippen LogP contribution < -0.4 is 5.32 Å². The van der Waals surface area contributed by atoms with E-state index >= 15 is 0 Å². The first-order valence-corrected chi connectivity index (χ1v) is 9.96. The molecule has 0 aromatic heterocycles. The third-order valence-corrected chi connectivity index (χ3v) is 5.24. The van der Waals surface area contributed by atoms with Gasteiger partial charge in [0.05, 0.1) is 5.92 Å². The molecule has 0 saturated heterocycles. The SMILES string of the molecule is CC(C(=O)Nc1cccc(/C=C/c2c(O)ccc3ccccc23)c1)c1ccccc1. The second kappa shape index (κ2) is 8.66. The molecular formula is C27H23NO2. The van der Waals surface area contributed by atoms with Crippen molar-refractivity contribution in [3.05, 3.63) is 108 Å². The molecule has 1 atom stereocenters. The van der Waals surface area contributed by atoms with Crippen LogP contribution in [0.1, 0.15) is 29.5 Å². The number of carbonyl (C=O) groups is 1. The summed E-state index contributed by atoms with van der Waals surface area (Å²) in [6, 6.07) is 29.0. The van der Waals surface area contributed by atoms with Crippen LogP contribution in [-0.4, -0.2) is 11.0 Å². The lowest BCUT2D eigenvalue weighted by Gasteiger charge is -2.13. The van der Waals surface area contributed by atoms with Gasteiger partial charge in [-0.2, -0.15) is 0 Å². The zero-order valence-corrected chi connectivity index (χ0v) is 16.7. The van der Waals surface area contributed by atoms with E-state index in [1.165, 1.54) is 0 Å². The molecule has 0 fully saturated rings. The largest absolute Gasteiger partial charge is 0.507 e. The van der Waals surface area contributed by atoms with Gasteiger partial charge in [-0.25, -0.2) is 0 Å². The Hall–Kier alpha value is -3.85. The highest BCUT2D eigenvalue weighted by Crippen LogP contribution is 2.29. The van der Waals surface area contributed by atoms with Crippen molar-refractivity contribution in [1.29, 1.82) is 0 Å². The molecule has 4 aromatic carbocycles. The van der Waals surface area contributed by atoms with Crippen molar-refractivity contribution in [2.75, 3.05) is 5.32 Å².